The molecule has 0 aromatic heterocycles. The number of nitrogens with two attached hydrogens (primary N) is 1. The van der Waals surface area contributed by atoms with E-state index in [-0.39, 0.29) is 5.41 Å². The monoisotopic (exact) mass is 182 g/mol. The van der Waals surface area contributed by atoms with Crippen molar-refractivity contribution in [1.82, 2.24) is 0 Å². The van der Waals surface area contributed by atoms with Crippen LogP contribution in [0.2, 0.25) is 0 Å². The Labute approximate surface area is 81.9 Å². The van der Waals surface area contributed by atoms with Gasteiger partial charge in [-0.25, -0.2) is 0 Å². The van der Waals surface area contributed by atoms with Crippen LogP contribution >= 0.6 is 0 Å². The highest BCUT2D eigenvalue weighted by Gasteiger charge is 2.24. The maximum absolute atomic E-state index is 5.23. The summed E-state index contributed by atoms with van der Waals surface area (Å²) < 4.78 is 0. The second kappa shape index (κ2) is 5.79. The van der Waals surface area contributed by atoms with Gasteiger partial charge in [0.1, 0.15) is 0 Å². The molecular formula is C11H22N2. The molecule has 0 saturated carbocycles. The minimum atomic E-state index is 0.285. The Morgan fingerprint density at radius 2 is 2.00 bits per heavy atom. The third kappa shape index (κ3) is 4.11. The van der Waals surface area contributed by atoms with Crippen LogP contribution in [0.5, 0.6) is 0 Å². The summed E-state index contributed by atoms with van der Waals surface area (Å²) in [6.07, 6.45) is 7.31. The van der Waals surface area contributed by atoms with Gasteiger partial charge >= 0.3 is 0 Å². The van der Waals surface area contributed by atoms with Gasteiger partial charge in [0.25, 0.3) is 0 Å². The predicted molar refractivity (Wildman–Crippen MR) is 60.0 cm³/mol. The molecule has 0 aromatic rings. The summed E-state index contributed by atoms with van der Waals surface area (Å²) in [4.78, 5) is 4.48. The zero-order valence-corrected chi connectivity index (χ0v) is 9.25. The maximum Gasteiger partial charge on any atom is 0.0547 e. The van der Waals surface area contributed by atoms with E-state index < -0.39 is 0 Å². The lowest BCUT2D eigenvalue weighted by Gasteiger charge is -2.29. The van der Waals surface area contributed by atoms with Gasteiger partial charge in [-0.3, -0.25) is 4.99 Å². The van der Waals surface area contributed by atoms with E-state index in [1.807, 2.05) is 0 Å². The fourth-order valence-electron chi connectivity index (χ4n) is 1.30. The number of aliphatic imine (C=N–C) groups is 1. The van der Waals surface area contributed by atoms with E-state index in [9.17, 15) is 0 Å². The molecule has 0 heterocycles. The standard InChI is InChI=1S/C11H22N2/c1-5-10(11(3,4)6-2)13-9-7-8-12/h7-10H,5-6,12H2,1-4H3/b8-7-,13-9-. The zero-order valence-electron chi connectivity index (χ0n) is 9.25. The lowest BCUT2D eigenvalue weighted by molar-refractivity contribution is 0.271. The van der Waals surface area contributed by atoms with E-state index in [0.717, 1.165) is 12.8 Å². The number of allylic oxidation sites excluding steroid dienone is 1. The van der Waals surface area contributed by atoms with Crippen molar-refractivity contribution in [3.8, 4) is 0 Å². The molecule has 1 unspecified atom stereocenters. The molecule has 76 valence electrons. The molecule has 0 saturated heterocycles. The molecule has 2 nitrogen and oxygen atoms in total. The van der Waals surface area contributed by atoms with Gasteiger partial charge in [-0.1, -0.05) is 27.7 Å². The molecule has 13 heavy (non-hydrogen) atoms. The number of hydrogen-bond donors (Lipinski definition) is 1. The number of nitrogens with zero attached hydrogens (tertiary/aromatic N) is 1. The van der Waals surface area contributed by atoms with E-state index >= 15 is 0 Å². The van der Waals surface area contributed by atoms with E-state index in [1.54, 1.807) is 12.3 Å². The van der Waals surface area contributed by atoms with Crippen molar-refractivity contribution in [2.75, 3.05) is 0 Å². The SMILES string of the molecule is CCC(/N=C\C=C/N)C(C)(C)CC. The Kier molecular flexibility index (Phi) is 5.44. The highest BCUT2D eigenvalue weighted by atomic mass is 14.8. The summed E-state index contributed by atoms with van der Waals surface area (Å²) in [5, 5.41) is 0. The molecule has 1 atom stereocenters. The normalized spacial score (nSPS) is 15.7. The Bertz CT molecular complexity index is 181. The van der Waals surface area contributed by atoms with Crippen LogP contribution < -0.4 is 5.73 Å². The van der Waals surface area contributed by atoms with Crippen molar-refractivity contribution < 1.29 is 0 Å². The smallest absolute Gasteiger partial charge is 0.0547 e. The minimum absolute atomic E-state index is 0.285. The highest BCUT2D eigenvalue weighted by Crippen LogP contribution is 2.28. The Hall–Kier alpha value is -0.790. The Morgan fingerprint density at radius 1 is 1.38 bits per heavy atom. The Morgan fingerprint density at radius 3 is 2.38 bits per heavy atom. The van der Waals surface area contributed by atoms with Crippen LogP contribution in [0.4, 0.5) is 0 Å². The first-order chi connectivity index (χ1) is 6.08. The molecule has 0 amide bonds. The van der Waals surface area contributed by atoms with E-state index in [2.05, 4.69) is 32.7 Å². The van der Waals surface area contributed by atoms with E-state index in [0.29, 0.717) is 6.04 Å². The number of hydrogen-bond acceptors (Lipinski definition) is 2. The molecule has 2 heteroatoms. The lowest BCUT2D eigenvalue weighted by Crippen LogP contribution is -2.26. The van der Waals surface area contributed by atoms with Crippen LogP contribution in [-0.2, 0) is 0 Å². The van der Waals surface area contributed by atoms with Crippen molar-refractivity contribution in [2.45, 2.75) is 46.6 Å². The van der Waals surface area contributed by atoms with Crippen molar-refractivity contribution in [3.05, 3.63) is 12.3 Å². The topological polar surface area (TPSA) is 38.4 Å². The first kappa shape index (κ1) is 12.2. The van der Waals surface area contributed by atoms with Gasteiger partial charge < -0.3 is 5.73 Å². The molecule has 0 aliphatic heterocycles. The molecule has 0 aliphatic carbocycles. The van der Waals surface area contributed by atoms with Gasteiger partial charge in [-0.2, -0.15) is 0 Å². The van der Waals surface area contributed by atoms with Crippen LogP contribution in [0.15, 0.2) is 17.3 Å². The van der Waals surface area contributed by atoms with Crippen molar-refractivity contribution in [2.24, 2.45) is 16.1 Å². The van der Waals surface area contributed by atoms with Crippen LogP contribution in [0.3, 0.4) is 0 Å². The first-order valence-corrected chi connectivity index (χ1v) is 4.98. The highest BCUT2D eigenvalue weighted by molar-refractivity contribution is 5.70. The zero-order chi connectivity index (χ0) is 10.3. The quantitative estimate of drug-likeness (QED) is 0.652. The average Bonchev–Trinajstić information content (AvgIpc) is 2.12. The summed E-state index contributed by atoms with van der Waals surface area (Å²) in [5.41, 5.74) is 5.51. The summed E-state index contributed by atoms with van der Waals surface area (Å²) in [7, 11) is 0. The predicted octanol–water partition coefficient (Wildman–Crippen LogP) is 2.74. The average molecular weight is 182 g/mol. The molecular weight excluding hydrogens is 160 g/mol. The summed E-state index contributed by atoms with van der Waals surface area (Å²) in [6.45, 7) is 8.89. The van der Waals surface area contributed by atoms with Crippen LogP contribution in [0, 0.1) is 5.41 Å². The van der Waals surface area contributed by atoms with Gasteiger partial charge in [0.15, 0.2) is 0 Å². The van der Waals surface area contributed by atoms with Crippen LogP contribution in [0.1, 0.15) is 40.5 Å². The van der Waals surface area contributed by atoms with Crippen molar-refractivity contribution >= 4 is 6.21 Å². The molecule has 0 fully saturated rings. The fourth-order valence-corrected chi connectivity index (χ4v) is 1.30. The second-order valence-corrected chi connectivity index (χ2v) is 3.95. The van der Waals surface area contributed by atoms with Gasteiger partial charge in [0.05, 0.1) is 6.04 Å². The minimum Gasteiger partial charge on any atom is -0.405 e. The van der Waals surface area contributed by atoms with E-state index in [1.165, 1.54) is 6.20 Å². The largest absolute Gasteiger partial charge is 0.405 e. The Balaban J connectivity index is 4.33. The van der Waals surface area contributed by atoms with Gasteiger partial charge in [0, 0.05) is 6.21 Å². The molecule has 0 radical (unpaired) electrons. The summed E-state index contributed by atoms with van der Waals surface area (Å²) >= 11 is 0. The van der Waals surface area contributed by atoms with Crippen molar-refractivity contribution in [3.63, 3.8) is 0 Å². The van der Waals surface area contributed by atoms with Gasteiger partial charge in [0.2, 0.25) is 0 Å². The third-order valence-electron chi connectivity index (χ3n) is 2.66. The molecule has 0 aromatic carbocycles. The summed E-state index contributed by atoms with van der Waals surface area (Å²) in [5.74, 6) is 0. The first-order valence-electron chi connectivity index (χ1n) is 4.98. The maximum atomic E-state index is 5.23. The lowest BCUT2D eigenvalue weighted by atomic mass is 9.81. The van der Waals surface area contributed by atoms with E-state index in [4.69, 9.17) is 5.73 Å². The molecule has 0 aliphatic rings. The van der Waals surface area contributed by atoms with Gasteiger partial charge in [-0.05, 0) is 30.5 Å². The molecule has 0 bridgehead atoms. The second-order valence-electron chi connectivity index (χ2n) is 3.95. The van der Waals surface area contributed by atoms with Crippen molar-refractivity contribution in [1.29, 1.82) is 0 Å². The number of rotatable bonds is 5. The van der Waals surface area contributed by atoms with Gasteiger partial charge in [-0.15, -0.1) is 0 Å². The molecule has 0 rings (SSSR count). The fraction of sp³-hybridized carbons (Fsp3) is 0.727. The molecule has 2 N–H and O–H groups in total. The van der Waals surface area contributed by atoms with Crippen LogP contribution in [-0.4, -0.2) is 12.3 Å². The summed E-state index contributed by atoms with van der Waals surface area (Å²) in [6, 6.07) is 0.397. The van der Waals surface area contributed by atoms with Crippen LogP contribution in [0.25, 0.3) is 0 Å². The molecule has 0 spiro atoms. The third-order valence-corrected chi connectivity index (χ3v) is 2.66.